The summed E-state index contributed by atoms with van der Waals surface area (Å²) in [5, 5.41) is 4.67. The Morgan fingerprint density at radius 1 is 1.14 bits per heavy atom. The summed E-state index contributed by atoms with van der Waals surface area (Å²) in [6.07, 6.45) is 1.57. The molecule has 2 aromatic carbocycles. The molecule has 0 radical (unpaired) electrons. The minimum atomic E-state index is -0.561. The molecule has 6 heteroatoms. The first kappa shape index (κ1) is 18.4. The highest BCUT2D eigenvalue weighted by Crippen LogP contribution is 2.52. The number of H-pyrrole nitrogens is 1. The highest BCUT2D eigenvalue weighted by Gasteiger charge is 2.52. The van der Waals surface area contributed by atoms with Crippen LogP contribution in [0.3, 0.4) is 0 Å². The zero-order valence-corrected chi connectivity index (χ0v) is 17.4. The van der Waals surface area contributed by atoms with Gasteiger partial charge in [0, 0.05) is 27.7 Å². The summed E-state index contributed by atoms with van der Waals surface area (Å²) in [4.78, 5) is 16.6. The average molecular weight is 411 g/mol. The largest absolute Gasteiger partial charge is 0.454 e. The average Bonchev–Trinajstić information content (AvgIpc) is 3.13. The van der Waals surface area contributed by atoms with Gasteiger partial charge in [-0.05, 0) is 54.8 Å². The Hall–Kier alpha value is -2.66. The van der Waals surface area contributed by atoms with Gasteiger partial charge in [0.25, 0.3) is 0 Å². The van der Waals surface area contributed by atoms with Crippen molar-refractivity contribution in [2.24, 2.45) is 0 Å². The van der Waals surface area contributed by atoms with Crippen LogP contribution in [0.1, 0.15) is 44.9 Å². The predicted molar refractivity (Wildman–Crippen MR) is 114 cm³/mol. The van der Waals surface area contributed by atoms with Crippen molar-refractivity contribution in [1.82, 2.24) is 4.98 Å². The molecule has 2 heterocycles. The third-order valence-corrected chi connectivity index (χ3v) is 6.13. The fourth-order valence-electron chi connectivity index (χ4n) is 3.88. The van der Waals surface area contributed by atoms with Crippen LogP contribution in [-0.2, 0) is 15.6 Å². The van der Waals surface area contributed by atoms with Crippen LogP contribution in [0.4, 0.5) is 5.69 Å². The van der Waals surface area contributed by atoms with E-state index >= 15 is 0 Å². The lowest BCUT2D eigenvalue weighted by atomic mass is 9.92. The van der Waals surface area contributed by atoms with Crippen molar-refractivity contribution in [3.05, 3.63) is 52.7 Å². The van der Waals surface area contributed by atoms with Crippen LogP contribution in [0, 0.1) is 0 Å². The summed E-state index contributed by atoms with van der Waals surface area (Å²) in [5.74, 6) is 1.15. The van der Waals surface area contributed by atoms with Crippen LogP contribution in [0.5, 0.6) is 11.5 Å². The van der Waals surface area contributed by atoms with Crippen LogP contribution < -0.4 is 14.8 Å². The van der Waals surface area contributed by atoms with Gasteiger partial charge in [0.15, 0.2) is 11.5 Å². The second kappa shape index (κ2) is 6.17. The Bertz CT molecular complexity index is 1140. The zero-order valence-electron chi connectivity index (χ0n) is 16.7. The maximum absolute atomic E-state index is 13.2. The fourth-order valence-corrected chi connectivity index (χ4v) is 4.15. The van der Waals surface area contributed by atoms with E-state index in [1.54, 1.807) is 0 Å². The number of anilines is 1. The molecule has 3 aromatic rings. The normalized spacial score (nSPS) is 16.8. The molecule has 0 spiro atoms. The SMILES string of the molecule is CC(C)(C)c1cc2cc(NC(=O)C3(c4cc(Cl)c5c(c4)OCO5)CC3)ccc2[nH]1. The number of rotatable bonds is 3. The van der Waals surface area contributed by atoms with Gasteiger partial charge in [0.1, 0.15) is 0 Å². The molecular weight excluding hydrogens is 388 g/mol. The Morgan fingerprint density at radius 3 is 2.66 bits per heavy atom. The van der Waals surface area contributed by atoms with Crippen LogP contribution in [0.25, 0.3) is 10.9 Å². The molecular formula is C23H23ClN2O3. The first-order valence-electron chi connectivity index (χ1n) is 9.81. The van der Waals surface area contributed by atoms with Gasteiger partial charge in [-0.15, -0.1) is 0 Å². The molecule has 0 unspecified atom stereocenters. The molecule has 0 atom stereocenters. The van der Waals surface area contributed by atoms with Crippen molar-refractivity contribution in [2.45, 2.75) is 44.4 Å². The van der Waals surface area contributed by atoms with Crippen molar-refractivity contribution in [3.63, 3.8) is 0 Å². The molecule has 1 aliphatic carbocycles. The molecule has 1 aromatic heterocycles. The van der Waals surface area contributed by atoms with Crippen LogP contribution >= 0.6 is 11.6 Å². The molecule has 150 valence electrons. The predicted octanol–water partition coefficient (Wildman–Crippen LogP) is 5.52. The minimum Gasteiger partial charge on any atom is -0.454 e. The van der Waals surface area contributed by atoms with Gasteiger partial charge in [-0.3, -0.25) is 4.79 Å². The Kier molecular flexibility index (Phi) is 3.91. The van der Waals surface area contributed by atoms with Crippen molar-refractivity contribution in [1.29, 1.82) is 0 Å². The van der Waals surface area contributed by atoms with E-state index in [-0.39, 0.29) is 18.1 Å². The number of amides is 1. The maximum atomic E-state index is 13.2. The van der Waals surface area contributed by atoms with Crippen molar-refractivity contribution >= 4 is 34.1 Å². The second-order valence-electron chi connectivity index (χ2n) is 8.96. The highest BCUT2D eigenvalue weighted by molar-refractivity contribution is 6.32. The molecule has 1 aliphatic heterocycles. The molecule has 5 rings (SSSR count). The van der Waals surface area contributed by atoms with E-state index in [0.29, 0.717) is 16.5 Å². The fraction of sp³-hybridized carbons (Fsp3) is 0.348. The lowest BCUT2D eigenvalue weighted by Crippen LogP contribution is -2.27. The summed E-state index contributed by atoms with van der Waals surface area (Å²) in [5.41, 5.74) is 3.39. The number of carbonyl (C=O) groups is 1. The molecule has 1 amide bonds. The summed E-state index contributed by atoms with van der Waals surface area (Å²) in [7, 11) is 0. The standard InChI is InChI=1S/C23H23ClN2O3/c1-22(2,3)19-9-13-8-15(4-5-17(13)26-19)25-21(27)23(6-7-23)14-10-16(24)20-18(11-14)28-12-29-20/h4-5,8-11,26H,6-7,12H2,1-3H3,(H,25,27). The molecule has 1 saturated carbocycles. The summed E-state index contributed by atoms with van der Waals surface area (Å²) in [6, 6.07) is 11.8. The number of carbonyl (C=O) groups excluding carboxylic acids is 1. The summed E-state index contributed by atoms with van der Waals surface area (Å²) in [6.45, 7) is 6.68. The van der Waals surface area contributed by atoms with E-state index in [1.165, 1.54) is 5.69 Å². The van der Waals surface area contributed by atoms with Gasteiger partial charge in [-0.2, -0.15) is 0 Å². The van der Waals surface area contributed by atoms with Crippen molar-refractivity contribution in [2.75, 3.05) is 12.1 Å². The Labute approximate surface area is 174 Å². The van der Waals surface area contributed by atoms with Crippen LogP contribution in [0.2, 0.25) is 5.02 Å². The number of aromatic nitrogens is 1. The minimum absolute atomic E-state index is 0.0154. The second-order valence-corrected chi connectivity index (χ2v) is 9.37. The van der Waals surface area contributed by atoms with Crippen molar-refractivity contribution < 1.29 is 14.3 Å². The molecule has 5 nitrogen and oxygen atoms in total. The number of hydrogen-bond acceptors (Lipinski definition) is 3. The van der Waals surface area contributed by atoms with Gasteiger partial charge in [-0.25, -0.2) is 0 Å². The topological polar surface area (TPSA) is 63.4 Å². The van der Waals surface area contributed by atoms with Gasteiger partial charge in [0.05, 0.1) is 10.4 Å². The molecule has 2 N–H and O–H groups in total. The van der Waals surface area contributed by atoms with E-state index in [2.05, 4.69) is 37.1 Å². The van der Waals surface area contributed by atoms with E-state index in [4.69, 9.17) is 21.1 Å². The van der Waals surface area contributed by atoms with Gasteiger partial charge in [0.2, 0.25) is 12.7 Å². The van der Waals surface area contributed by atoms with E-state index in [9.17, 15) is 4.79 Å². The van der Waals surface area contributed by atoms with Gasteiger partial charge >= 0.3 is 0 Å². The first-order valence-corrected chi connectivity index (χ1v) is 10.2. The van der Waals surface area contributed by atoms with Crippen LogP contribution in [-0.4, -0.2) is 17.7 Å². The first-order chi connectivity index (χ1) is 13.8. The van der Waals surface area contributed by atoms with E-state index in [0.717, 1.165) is 35.0 Å². The lowest BCUT2D eigenvalue weighted by molar-refractivity contribution is -0.118. The van der Waals surface area contributed by atoms with E-state index < -0.39 is 5.41 Å². The number of benzene rings is 2. The number of aromatic amines is 1. The number of halogens is 1. The molecule has 2 aliphatic rings. The monoisotopic (exact) mass is 410 g/mol. The van der Waals surface area contributed by atoms with Crippen molar-refractivity contribution in [3.8, 4) is 11.5 Å². The molecule has 29 heavy (non-hydrogen) atoms. The Balaban J connectivity index is 1.42. The highest BCUT2D eigenvalue weighted by atomic mass is 35.5. The number of nitrogens with one attached hydrogen (secondary N) is 2. The third kappa shape index (κ3) is 3.04. The smallest absolute Gasteiger partial charge is 0.235 e. The summed E-state index contributed by atoms with van der Waals surface area (Å²) < 4.78 is 10.9. The molecule has 0 saturated heterocycles. The molecule has 0 bridgehead atoms. The number of ether oxygens (including phenoxy) is 2. The van der Waals surface area contributed by atoms with E-state index in [1.807, 2.05) is 30.3 Å². The third-order valence-electron chi connectivity index (χ3n) is 5.85. The van der Waals surface area contributed by atoms with Gasteiger partial charge < -0.3 is 19.8 Å². The van der Waals surface area contributed by atoms with Crippen LogP contribution in [0.15, 0.2) is 36.4 Å². The summed E-state index contributed by atoms with van der Waals surface area (Å²) >= 11 is 6.34. The molecule has 1 fully saturated rings. The number of fused-ring (bicyclic) bond motifs is 2. The maximum Gasteiger partial charge on any atom is 0.235 e. The Morgan fingerprint density at radius 2 is 1.93 bits per heavy atom. The number of hydrogen-bond donors (Lipinski definition) is 2. The van der Waals surface area contributed by atoms with Gasteiger partial charge in [-0.1, -0.05) is 32.4 Å². The zero-order chi connectivity index (χ0) is 20.4. The quantitative estimate of drug-likeness (QED) is 0.597. The lowest BCUT2D eigenvalue weighted by Gasteiger charge is -2.17.